The zero-order chi connectivity index (χ0) is 17.5. The lowest BCUT2D eigenvalue weighted by Gasteiger charge is -2.16. The Balaban J connectivity index is 1.99. The largest absolute Gasteiger partial charge is 0.497 e. The van der Waals surface area contributed by atoms with Gasteiger partial charge in [-0.15, -0.1) is 0 Å². The fourth-order valence-electron chi connectivity index (χ4n) is 2.35. The van der Waals surface area contributed by atoms with Gasteiger partial charge >= 0.3 is 6.03 Å². The standard InChI is InChI=1S/C18H23N3O3/c1-12(14-4-6-15(7-5-14)21-18(19)22)20-11-13-8-16(23-2)10-17(9-13)24-3/h4-10,12,20H,11H2,1-3H3,(H3,19,21,22). The molecule has 24 heavy (non-hydrogen) atoms. The molecule has 0 aromatic heterocycles. The Morgan fingerprint density at radius 1 is 1.08 bits per heavy atom. The van der Waals surface area contributed by atoms with Crippen molar-refractivity contribution in [3.05, 3.63) is 53.6 Å². The van der Waals surface area contributed by atoms with Gasteiger partial charge in [-0.3, -0.25) is 0 Å². The van der Waals surface area contributed by atoms with Gasteiger partial charge in [0.15, 0.2) is 0 Å². The molecule has 6 heteroatoms. The van der Waals surface area contributed by atoms with Crippen LogP contribution in [0, 0.1) is 0 Å². The van der Waals surface area contributed by atoms with E-state index in [1.165, 1.54) is 0 Å². The third kappa shape index (κ3) is 4.89. The minimum atomic E-state index is -0.569. The van der Waals surface area contributed by atoms with Gasteiger partial charge in [0, 0.05) is 24.3 Å². The van der Waals surface area contributed by atoms with Crippen LogP contribution in [-0.4, -0.2) is 20.3 Å². The van der Waals surface area contributed by atoms with E-state index >= 15 is 0 Å². The summed E-state index contributed by atoms with van der Waals surface area (Å²) >= 11 is 0. The van der Waals surface area contributed by atoms with Crippen LogP contribution in [0.2, 0.25) is 0 Å². The number of hydrogen-bond donors (Lipinski definition) is 3. The summed E-state index contributed by atoms with van der Waals surface area (Å²) in [4.78, 5) is 10.8. The molecule has 0 bridgehead atoms. The lowest BCUT2D eigenvalue weighted by Crippen LogP contribution is -2.20. The van der Waals surface area contributed by atoms with E-state index in [0.29, 0.717) is 12.2 Å². The summed E-state index contributed by atoms with van der Waals surface area (Å²) in [5.74, 6) is 1.53. The minimum absolute atomic E-state index is 0.143. The first-order valence-corrected chi connectivity index (χ1v) is 7.63. The van der Waals surface area contributed by atoms with Crippen LogP contribution >= 0.6 is 0 Å². The number of carbonyl (C=O) groups excluding carboxylic acids is 1. The number of amides is 2. The molecule has 0 heterocycles. The van der Waals surface area contributed by atoms with E-state index in [2.05, 4.69) is 17.6 Å². The van der Waals surface area contributed by atoms with Crippen LogP contribution in [0.25, 0.3) is 0 Å². The number of rotatable bonds is 7. The number of urea groups is 1. The van der Waals surface area contributed by atoms with Crippen molar-refractivity contribution >= 4 is 11.7 Å². The van der Waals surface area contributed by atoms with Gasteiger partial charge in [-0.1, -0.05) is 12.1 Å². The number of nitrogens with one attached hydrogen (secondary N) is 2. The van der Waals surface area contributed by atoms with Crippen LogP contribution in [-0.2, 0) is 6.54 Å². The molecule has 0 radical (unpaired) electrons. The molecule has 1 atom stereocenters. The van der Waals surface area contributed by atoms with Crippen molar-refractivity contribution in [1.29, 1.82) is 0 Å². The smallest absolute Gasteiger partial charge is 0.316 e. The number of nitrogens with two attached hydrogens (primary N) is 1. The fourth-order valence-corrected chi connectivity index (χ4v) is 2.35. The van der Waals surface area contributed by atoms with E-state index in [0.717, 1.165) is 22.6 Å². The lowest BCUT2D eigenvalue weighted by atomic mass is 10.1. The molecule has 128 valence electrons. The molecular weight excluding hydrogens is 306 g/mol. The van der Waals surface area contributed by atoms with Gasteiger partial charge in [0.2, 0.25) is 0 Å². The minimum Gasteiger partial charge on any atom is -0.497 e. The second kappa shape index (κ2) is 8.21. The summed E-state index contributed by atoms with van der Waals surface area (Å²) in [7, 11) is 3.27. The maximum absolute atomic E-state index is 10.8. The molecule has 1 unspecified atom stereocenters. The van der Waals surface area contributed by atoms with E-state index in [-0.39, 0.29) is 6.04 Å². The molecule has 2 rings (SSSR count). The van der Waals surface area contributed by atoms with Crippen molar-refractivity contribution in [2.24, 2.45) is 5.73 Å². The third-order valence-electron chi connectivity index (χ3n) is 3.70. The van der Waals surface area contributed by atoms with E-state index in [1.54, 1.807) is 14.2 Å². The fraction of sp³-hybridized carbons (Fsp3) is 0.278. The first-order chi connectivity index (χ1) is 11.5. The molecule has 4 N–H and O–H groups in total. The van der Waals surface area contributed by atoms with E-state index in [4.69, 9.17) is 15.2 Å². The number of methoxy groups -OCH3 is 2. The normalized spacial score (nSPS) is 11.6. The number of hydrogen-bond acceptors (Lipinski definition) is 4. The molecule has 0 saturated heterocycles. The molecule has 0 aliphatic rings. The Morgan fingerprint density at radius 2 is 1.67 bits per heavy atom. The summed E-state index contributed by atoms with van der Waals surface area (Å²) in [6.07, 6.45) is 0. The predicted octanol–water partition coefficient (Wildman–Crippen LogP) is 3.05. The zero-order valence-corrected chi connectivity index (χ0v) is 14.1. The Kier molecular flexibility index (Phi) is 6.03. The Labute approximate surface area is 142 Å². The summed E-state index contributed by atoms with van der Waals surface area (Å²) in [6, 6.07) is 12.9. The first-order valence-electron chi connectivity index (χ1n) is 7.63. The third-order valence-corrected chi connectivity index (χ3v) is 3.70. The van der Waals surface area contributed by atoms with Crippen LogP contribution in [0.5, 0.6) is 11.5 Å². The molecule has 0 saturated carbocycles. The maximum atomic E-state index is 10.8. The average molecular weight is 329 g/mol. The van der Waals surface area contributed by atoms with E-state index in [9.17, 15) is 4.79 Å². The highest BCUT2D eigenvalue weighted by molar-refractivity contribution is 5.87. The van der Waals surface area contributed by atoms with E-state index < -0.39 is 6.03 Å². The van der Waals surface area contributed by atoms with Gasteiger partial charge in [0.25, 0.3) is 0 Å². The molecule has 0 spiro atoms. The van der Waals surface area contributed by atoms with Gasteiger partial charge in [0.1, 0.15) is 11.5 Å². The molecule has 6 nitrogen and oxygen atoms in total. The summed E-state index contributed by atoms with van der Waals surface area (Å²) in [5, 5.41) is 6.00. The van der Waals surface area contributed by atoms with Crippen LogP contribution < -0.4 is 25.8 Å². The molecular formula is C18H23N3O3. The molecule has 0 aliphatic carbocycles. The highest BCUT2D eigenvalue weighted by Crippen LogP contribution is 2.23. The second-order valence-corrected chi connectivity index (χ2v) is 5.43. The molecule has 0 aliphatic heterocycles. The molecule has 2 amide bonds. The van der Waals surface area contributed by atoms with Gasteiger partial charge in [-0.25, -0.2) is 4.79 Å². The highest BCUT2D eigenvalue weighted by atomic mass is 16.5. The van der Waals surface area contributed by atoms with Crippen molar-refractivity contribution in [2.45, 2.75) is 19.5 Å². The SMILES string of the molecule is COc1cc(CNC(C)c2ccc(NC(N)=O)cc2)cc(OC)c1. The molecule has 2 aromatic carbocycles. The summed E-state index contributed by atoms with van der Waals surface area (Å²) < 4.78 is 10.6. The highest BCUT2D eigenvalue weighted by Gasteiger charge is 2.07. The van der Waals surface area contributed by atoms with Crippen molar-refractivity contribution in [2.75, 3.05) is 19.5 Å². The van der Waals surface area contributed by atoms with Crippen LogP contribution in [0.3, 0.4) is 0 Å². The number of carbonyl (C=O) groups is 1. The van der Waals surface area contributed by atoms with Crippen molar-refractivity contribution in [3.8, 4) is 11.5 Å². The van der Waals surface area contributed by atoms with Gasteiger partial charge in [0.05, 0.1) is 14.2 Å². The van der Waals surface area contributed by atoms with Gasteiger partial charge in [-0.05, 0) is 42.3 Å². The van der Waals surface area contributed by atoms with Crippen LogP contribution in [0.1, 0.15) is 24.1 Å². The van der Waals surface area contributed by atoms with Crippen molar-refractivity contribution in [3.63, 3.8) is 0 Å². The topological polar surface area (TPSA) is 85.6 Å². The number of benzene rings is 2. The number of primary amides is 1. The quantitative estimate of drug-likeness (QED) is 0.729. The Hall–Kier alpha value is -2.73. The monoisotopic (exact) mass is 329 g/mol. The van der Waals surface area contributed by atoms with Crippen LogP contribution in [0.4, 0.5) is 10.5 Å². The predicted molar refractivity (Wildman–Crippen MR) is 94.4 cm³/mol. The lowest BCUT2D eigenvalue weighted by molar-refractivity contribution is 0.259. The van der Waals surface area contributed by atoms with Crippen LogP contribution in [0.15, 0.2) is 42.5 Å². The first kappa shape index (κ1) is 17.6. The average Bonchev–Trinajstić information content (AvgIpc) is 2.59. The number of anilines is 1. The zero-order valence-electron chi connectivity index (χ0n) is 14.1. The van der Waals surface area contributed by atoms with Crippen molar-refractivity contribution in [1.82, 2.24) is 5.32 Å². The van der Waals surface area contributed by atoms with E-state index in [1.807, 2.05) is 42.5 Å². The van der Waals surface area contributed by atoms with Gasteiger partial charge < -0.3 is 25.8 Å². The van der Waals surface area contributed by atoms with Crippen molar-refractivity contribution < 1.29 is 14.3 Å². The Bertz CT molecular complexity index is 664. The molecule has 2 aromatic rings. The maximum Gasteiger partial charge on any atom is 0.316 e. The summed E-state index contributed by atoms with van der Waals surface area (Å²) in [6.45, 7) is 2.75. The Morgan fingerprint density at radius 3 is 2.17 bits per heavy atom. The summed E-state index contributed by atoms with van der Waals surface area (Å²) in [5.41, 5.74) is 7.96. The number of ether oxygens (including phenoxy) is 2. The second-order valence-electron chi connectivity index (χ2n) is 5.43. The molecule has 0 fully saturated rings. The van der Waals surface area contributed by atoms with Gasteiger partial charge in [-0.2, -0.15) is 0 Å².